The van der Waals surface area contributed by atoms with Gasteiger partial charge in [-0.3, -0.25) is 0 Å². The van der Waals surface area contributed by atoms with Gasteiger partial charge in [0.25, 0.3) is 0 Å². The molecule has 0 radical (unpaired) electrons. The molecule has 2 aromatic rings. The Morgan fingerprint density at radius 3 is 2.89 bits per heavy atom. The smallest absolute Gasteiger partial charge is 0.115 e. The van der Waals surface area contributed by atoms with Gasteiger partial charge in [0.2, 0.25) is 0 Å². The normalized spacial score (nSPS) is 21.9. The molecule has 0 spiro atoms. The number of hydrogen-bond donors (Lipinski definition) is 1. The molecule has 1 heterocycles. The second kappa shape index (κ2) is 5.68. The number of rotatable bonds is 4. The minimum Gasteiger partial charge on any atom is -0.308 e. The van der Waals surface area contributed by atoms with Crippen molar-refractivity contribution in [2.24, 2.45) is 0 Å². The van der Waals surface area contributed by atoms with Crippen LogP contribution in [0.15, 0.2) is 42.9 Å². The molecule has 3 nitrogen and oxygen atoms in total. The number of aromatic nitrogens is 2. The second-order valence-electron chi connectivity index (χ2n) is 5.00. The van der Waals surface area contributed by atoms with Crippen LogP contribution in [0.4, 0.5) is 0 Å². The van der Waals surface area contributed by atoms with E-state index in [1.165, 1.54) is 18.4 Å². The van der Waals surface area contributed by atoms with Crippen molar-refractivity contribution in [2.75, 3.05) is 0 Å². The Morgan fingerprint density at radius 1 is 1.26 bits per heavy atom. The summed E-state index contributed by atoms with van der Waals surface area (Å²) in [7, 11) is 0. The molecule has 0 aliphatic heterocycles. The van der Waals surface area contributed by atoms with E-state index in [1.807, 2.05) is 18.2 Å². The standard InChI is InChI=1S/C15H16ClN3/c16-13-3-1-2-11(6-13)12-7-15(8-12)18-9-14-4-5-17-10-19-14/h1-6,10,12,15,18H,7-9H2. The summed E-state index contributed by atoms with van der Waals surface area (Å²) < 4.78 is 0. The Morgan fingerprint density at radius 2 is 2.16 bits per heavy atom. The van der Waals surface area contributed by atoms with Crippen molar-refractivity contribution in [2.45, 2.75) is 31.3 Å². The second-order valence-corrected chi connectivity index (χ2v) is 5.44. The summed E-state index contributed by atoms with van der Waals surface area (Å²) in [5.41, 5.74) is 2.40. The van der Waals surface area contributed by atoms with Crippen LogP contribution in [-0.2, 0) is 6.54 Å². The molecule has 0 saturated heterocycles. The Hall–Kier alpha value is -1.45. The summed E-state index contributed by atoms with van der Waals surface area (Å²) in [4.78, 5) is 8.12. The molecule has 0 bridgehead atoms. The van der Waals surface area contributed by atoms with Crippen molar-refractivity contribution in [1.29, 1.82) is 0 Å². The van der Waals surface area contributed by atoms with Gasteiger partial charge in [0, 0.05) is 23.8 Å². The highest BCUT2D eigenvalue weighted by atomic mass is 35.5. The van der Waals surface area contributed by atoms with Gasteiger partial charge in [-0.15, -0.1) is 0 Å². The van der Waals surface area contributed by atoms with Crippen LogP contribution in [0.25, 0.3) is 0 Å². The first kappa shape index (κ1) is 12.6. The Kier molecular flexibility index (Phi) is 3.76. The highest BCUT2D eigenvalue weighted by Gasteiger charge is 2.29. The first-order valence-electron chi connectivity index (χ1n) is 6.55. The van der Waals surface area contributed by atoms with E-state index in [4.69, 9.17) is 11.6 Å². The monoisotopic (exact) mass is 273 g/mol. The number of nitrogens with zero attached hydrogens (tertiary/aromatic N) is 2. The van der Waals surface area contributed by atoms with Crippen molar-refractivity contribution < 1.29 is 0 Å². The Bertz CT molecular complexity index is 538. The van der Waals surface area contributed by atoms with Crippen LogP contribution in [0.2, 0.25) is 5.02 Å². The summed E-state index contributed by atoms with van der Waals surface area (Å²) in [6.45, 7) is 0.815. The zero-order chi connectivity index (χ0) is 13.1. The molecule has 0 atom stereocenters. The molecule has 1 aliphatic carbocycles. The predicted octanol–water partition coefficient (Wildman–Crippen LogP) is 3.17. The topological polar surface area (TPSA) is 37.8 Å². The molecule has 1 fully saturated rings. The van der Waals surface area contributed by atoms with Crippen LogP contribution < -0.4 is 5.32 Å². The maximum Gasteiger partial charge on any atom is 0.115 e. The van der Waals surface area contributed by atoms with Crippen LogP contribution in [0.3, 0.4) is 0 Å². The van der Waals surface area contributed by atoms with E-state index >= 15 is 0 Å². The molecule has 1 saturated carbocycles. The van der Waals surface area contributed by atoms with Gasteiger partial charge in [0.05, 0.1) is 5.69 Å². The van der Waals surface area contributed by atoms with Crippen LogP contribution in [-0.4, -0.2) is 16.0 Å². The molecular formula is C15H16ClN3. The van der Waals surface area contributed by atoms with Gasteiger partial charge >= 0.3 is 0 Å². The molecular weight excluding hydrogens is 258 g/mol. The number of halogens is 1. The van der Waals surface area contributed by atoms with Crippen molar-refractivity contribution in [3.05, 3.63) is 59.1 Å². The van der Waals surface area contributed by atoms with Gasteiger partial charge in [0.15, 0.2) is 0 Å². The molecule has 0 unspecified atom stereocenters. The van der Waals surface area contributed by atoms with E-state index in [2.05, 4.69) is 27.4 Å². The Balaban J connectivity index is 1.48. The SMILES string of the molecule is Clc1cccc(C2CC(NCc3ccncn3)C2)c1. The molecule has 1 N–H and O–H groups in total. The third kappa shape index (κ3) is 3.11. The first-order valence-corrected chi connectivity index (χ1v) is 6.93. The highest BCUT2D eigenvalue weighted by molar-refractivity contribution is 6.30. The lowest BCUT2D eigenvalue weighted by atomic mass is 9.76. The largest absolute Gasteiger partial charge is 0.308 e. The van der Waals surface area contributed by atoms with Crippen LogP contribution >= 0.6 is 11.6 Å². The van der Waals surface area contributed by atoms with Gasteiger partial charge in [0.1, 0.15) is 6.33 Å². The first-order chi connectivity index (χ1) is 9.31. The summed E-state index contributed by atoms with van der Waals surface area (Å²) in [5, 5.41) is 4.36. The van der Waals surface area contributed by atoms with Crippen molar-refractivity contribution >= 4 is 11.6 Å². The maximum absolute atomic E-state index is 6.02. The van der Waals surface area contributed by atoms with Crippen LogP contribution in [0.5, 0.6) is 0 Å². The minimum atomic E-state index is 0.582. The summed E-state index contributed by atoms with van der Waals surface area (Å²) >= 11 is 6.02. The van der Waals surface area contributed by atoms with Crippen molar-refractivity contribution in [1.82, 2.24) is 15.3 Å². The van der Waals surface area contributed by atoms with Gasteiger partial charge in [-0.25, -0.2) is 9.97 Å². The predicted molar refractivity (Wildman–Crippen MR) is 76.1 cm³/mol. The van der Waals surface area contributed by atoms with E-state index in [0.29, 0.717) is 12.0 Å². The zero-order valence-electron chi connectivity index (χ0n) is 10.6. The lowest BCUT2D eigenvalue weighted by molar-refractivity contribution is 0.288. The van der Waals surface area contributed by atoms with Crippen molar-refractivity contribution in [3.63, 3.8) is 0 Å². The van der Waals surface area contributed by atoms with E-state index < -0.39 is 0 Å². The molecule has 1 aliphatic rings. The zero-order valence-corrected chi connectivity index (χ0v) is 11.3. The summed E-state index contributed by atoms with van der Waals surface area (Å²) in [6, 6.07) is 10.7. The molecule has 1 aromatic heterocycles. The molecule has 3 rings (SSSR count). The average Bonchev–Trinajstić information content (AvgIpc) is 2.38. The number of hydrogen-bond acceptors (Lipinski definition) is 3. The fourth-order valence-electron chi connectivity index (χ4n) is 2.49. The third-order valence-electron chi connectivity index (χ3n) is 3.67. The van der Waals surface area contributed by atoms with Crippen LogP contribution in [0, 0.1) is 0 Å². The fourth-order valence-corrected chi connectivity index (χ4v) is 2.69. The van der Waals surface area contributed by atoms with Gasteiger partial charge < -0.3 is 5.32 Å². The molecule has 0 amide bonds. The highest BCUT2D eigenvalue weighted by Crippen LogP contribution is 2.37. The van der Waals surface area contributed by atoms with E-state index in [-0.39, 0.29) is 0 Å². The summed E-state index contributed by atoms with van der Waals surface area (Å²) in [6.07, 6.45) is 5.71. The van der Waals surface area contributed by atoms with E-state index in [0.717, 1.165) is 17.3 Å². The van der Waals surface area contributed by atoms with Gasteiger partial charge in [-0.1, -0.05) is 23.7 Å². The minimum absolute atomic E-state index is 0.582. The number of benzene rings is 1. The molecule has 19 heavy (non-hydrogen) atoms. The summed E-state index contributed by atoms with van der Waals surface area (Å²) in [5.74, 6) is 0.640. The lowest BCUT2D eigenvalue weighted by Crippen LogP contribution is -2.39. The van der Waals surface area contributed by atoms with Crippen molar-refractivity contribution in [3.8, 4) is 0 Å². The molecule has 4 heteroatoms. The van der Waals surface area contributed by atoms with Gasteiger partial charge in [-0.2, -0.15) is 0 Å². The average molecular weight is 274 g/mol. The Labute approximate surface area is 118 Å². The van der Waals surface area contributed by atoms with Gasteiger partial charge in [-0.05, 0) is 42.5 Å². The quantitative estimate of drug-likeness (QED) is 0.930. The third-order valence-corrected chi connectivity index (χ3v) is 3.91. The lowest BCUT2D eigenvalue weighted by Gasteiger charge is -2.36. The molecule has 1 aromatic carbocycles. The number of nitrogens with one attached hydrogen (secondary N) is 1. The maximum atomic E-state index is 6.02. The van der Waals surface area contributed by atoms with E-state index in [9.17, 15) is 0 Å². The molecule has 98 valence electrons. The fraction of sp³-hybridized carbons (Fsp3) is 0.333. The van der Waals surface area contributed by atoms with Crippen LogP contribution in [0.1, 0.15) is 30.0 Å². The van der Waals surface area contributed by atoms with E-state index in [1.54, 1.807) is 12.5 Å².